The number of rotatable bonds is 3. The van der Waals surface area contributed by atoms with E-state index in [1.54, 1.807) is 0 Å². The van der Waals surface area contributed by atoms with E-state index in [1.165, 1.54) is 5.56 Å². The van der Waals surface area contributed by atoms with E-state index in [0.717, 1.165) is 25.3 Å². The van der Waals surface area contributed by atoms with Gasteiger partial charge in [0.1, 0.15) is 0 Å². The molecule has 3 rings (SSSR count). The minimum absolute atomic E-state index is 0.142. The number of nitrogens with one attached hydrogen (secondary N) is 1. The lowest BCUT2D eigenvalue weighted by atomic mass is 9.94. The van der Waals surface area contributed by atoms with E-state index in [9.17, 15) is 0 Å². The number of aromatic nitrogens is 1. The zero-order valence-electron chi connectivity index (χ0n) is 12.8. The minimum Gasteiger partial charge on any atom is -0.307 e. The molecule has 0 radical (unpaired) electrons. The highest BCUT2D eigenvalue weighted by molar-refractivity contribution is 5.20. The number of benzene rings is 1. The Bertz CT molecular complexity index is 566. The van der Waals surface area contributed by atoms with Crippen molar-refractivity contribution in [2.75, 3.05) is 13.1 Å². The maximum absolute atomic E-state index is 4.47. The molecule has 1 saturated heterocycles. The molecule has 2 heterocycles. The normalized spacial score (nSPS) is 22.1. The van der Waals surface area contributed by atoms with E-state index in [-0.39, 0.29) is 5.54 Å². The molecule has 0 bridgehead atoms. The minimum atomic E-state index is 0.142. The first-order chi connectivity index (χ1) is 10.1. The van der Waals surface area contributed by atoms with Crippen LogP contribution in [-0.2, 0) is 6.54 Å². The molecule has 1 atom stereocenters. The van der Waals surface area contributed by atoms with Crippen molar-refractivity contribution < 1.29 is 0 Å². The zero-order valence-corrected chi connectivity index (χ0v) is 12.8. The molecule has 1 aromatic carbocycles. The second kappa shape index (κ2) is 5.96. The van der Waals surface area contributed by atoms with Crippen molar-refractivity contribution in [2.45, 2.75) is 32.0 Å². The van der Waals surface area contributed by atoms with Crippen LogP contribution in [0.3, 0.4) is 0 Å². The highest BCUT2D eigenvalue weighted by Crippen LogP contribution is 2.27. The standard InChI is InChI=1S/C18H23N3/c1-18(2)14-20-17(15-8-4-3-5-9-15)13-21(18)12-16-10-6-7-11-19-16/h3-11,17,20H,12-14H2,1-2H3. The Labute approximate surface area is 127 Å². The molecule has 21 heavy (non-hydrogen) atoms. The molecule has 1 aromatic heterocycles. The molecular weight excluding hydrogens is 258 g/mol. The summed E-state index contributed by atoms with van der Waals surface area (Å²) in [6.07, 6.45) is 1.87. The van der Waals surface area contributed by atoms with Gasteiger partial charge >= 0.3 is 0 Å². The fourth-order valence-corrected chi connectivity index (χ4v) is 2.89. The summed E-state index contributed by atoms with van der Waals surface area (Å²) in [7, 11) is 0. The van der Waals surface area contributed by atoms with Gasteiger partial charge in [-0.2, -0.15) is 0 Å². The van der Waals surface area contributed by atoms with Gasteiger partial charge < -0.3 is 5.32 Å². The predicted octanol–water partition coefficient (Wildman–Crippen LogP) is 3.01. The molecule has 1 N–H and O–H groups in total. The number of hydrogen-bond donors (Lipinski definition) is 1. The van der Waals surface area contributed by atoms with Crippen LogP contribution < -0.4 is 5.32 Å². The van der Waals surface area contributed by atoms with E-state index in [4.69, 9.17) is 0 Å². The number of nitrogens with zero attached hydrogens (tertiary/aromatic N) is 2. The Hall–Kier alpha value is -1.71. The van der Waals surface area contributed by atoms with Crippen molar-refractivity contribution in [3.63, 3.8) is 0 Å². The van der Waals surface area contributed by atoms with E-state index in [0.29, 0.717) is 6.04 Å². The monoisotopic (exact) mass is 281 g/mol. The average Bonchev–Trinajstić information content (AvgIpc) is 2.51. The van der Waals surface area contributed by atoms with Gasteiger partial charge in [-0.05, 0) is 31.5 Å². The third-order valence-corrected chi connectivity index (χ3v) is 4.32. The topological polar surface area (TPSA) is 28.2 Å². The lowest BCUT2D eigenvalue weighted by molar-refractivity contribution is 0.0572. The second-order valence-electron chi connectivity index (χ2n) is 6.36. The third kappa shape index (κ3) is 3.31. The van der Waals surface area contributed by atoms with Crippen LogP contribution in [0.25, 0.3) is 0 Å². The van der Waals surface area contributed by atoms with E-state index < -0.39 is 0 Å². The molecule has 0 spiro atoms. The van der Waals surface area contributed by atoms with Crippen LogP contribution in [0.1, 0.15) is 31.1 Å². The van der Waals surface area contributed by atoms with Gasteiger partial charge in [0.15, 0.2) is 0 Å². The number of pyridine rings is 1. The van der Waals surface area contributed by atoms with Crippen molar-refractivity contribution in [1.82, 2.24) is 15.2 Å². The van der Waals surface area contributed by atoms with Gasteiger partial charge in [0.25, 0.3) is 0 Å². The van der Waals surface area contributed by atoms with Crippen molar-refractivity contribution in [2.24, 2.45) is 0 Å². The first kappa shape index (κ1) is 14.2. The Morgan fingerprint density at radius 2 is 1.90 bits per heavy atom. The number of piperazine rings is 1. The van der Waals surface area contributed by atoms with Gasteiger partial charge in [-0.1, -0.05) is 36.4 Å². The molecule has 3 nitrogen and oxygen atoms in total. The highest BCUT2D eigenvalue weighted by atomic mass is 15.3. The van der Waals surface area contributed by atoms with Crippen molar-refractivity contribution >= 4 is 0 Å². The molecule has 110 valence electrons. The molecular formula is C18H23N3. The summed E-state index contributed by atoms with van der Waals surface area (Å²) in [4.78, 5) is 7.01. The van der Waals surface area contributed by atoms with Gasteiger partial charge in [0.2, 0.25) is 0 Å². The van der Waals surface area contributed by atoms with Crippen LogP contribution >= 0.6 is 0 Å². The largest absolute Gasteiger partial charge is 0.307 e. The highest BCUT2D eigenvalue weighted by Gasteiger charge is 2.34. The first-order valence-electron chi connectivity index (χ1n) is 7.58. The first-order valence-corrected chi connectivity index (χ1v) is 7.58. The summed E-state index contributed by atoms with van der Waals surface area (Å²) < 4.78 is 0. The molecule has 3 heteroatoms. The van der Waals surface area contributed by atoms with Crippen LogP contribution in [0.15, 0.2) is 54.7 Å². The van der Waals surface area contributed by atoms with Crippen molar-refractivity contribution in [3.8, 4) is 0 Å². The van der Waals surface area contributed by atoms with Crippen LogP contribution in [0, 0.1) is 0 Å². The van der Waals surface area contributed by atoms with Crippen molar-refractivity contribution in [3.05, 3.63) is 66.0 Å². The SMILES string of the molecule is CC1(C)CNC(c2ccccc2)CN1Cc1ccccn1. The quantitative estimate of drug-likeness (QED) is 0.937. The summed E-state index contributed by atoms with van der Waals surface area (Å²) in [6, 6.07) is 17.2. The summed E-state index contributed by atoms with van der Waals surface area (Å²) >= 11 is 0. The predicted molar refractivity (Wildman–Crippen MR) is 85.9 cm³/mol. The molecule has 0 saturated carbocycles. The van der Waals surface area contributed by atoms with Crippen molar-refractivity contribution in [1.29, 1.82) is 0 Å². The number of hydrogen-bond acceptors (Lipinski definition) is 3. The molecule has 2 aromatic rings. The Balaban J connectivity index is 1.77. The molecule has 0 amide bonds. The second-order valence-corrected chi connectivity index (χ2v) is 6.36. The molecule has 1 fully saturated rings. The molecule has 1 unspecified atom stereocenters. The fourth-order valence-electron chi connectivity index (χ4n) is 2.89. The van der Waals surface area contributed by atoms with Crippen LogP contribution in [-0.4, -0.2) is 28.5 Å². The van der Waals surface area contributed by atoms with Gasteiger partial charge in [0, 0.05) is 37.4 Å². The summed E-state index contributed by atoms with van der Waals surface area (Å²) in [6.45, 7) is 7.49. The van der Waals surface area contributed by atoms with Gasteiger partial charge in [-0.15, -0.1) is 0 Å². The van der Waals surface area contributed by atoms with E-state index in [2.05, 4.69) is 71.5 Å². The van der Waals surface area contributed by atoms with Crippen LogP contribution in [0.4, 0.5) is 0 Å². The lowest BCUT2D eigenvalue weighted by Crippen LogP contribution is -2.58. The lowest BCUT2D eigenvalue weighted by Gasteiger charge is -2.46. The maximum atomic E-state index is 4.47. The fraction of sp³-hybridized carbons (Fsp3) is 0.389. The molecule has 0 aliphatic carbocycles. The van der Waals surface area contributed by atoms with Crippen LogP contribution in [0.2, 0.25) is 0 Å². The zero-order chi connectivity index (χ0) is 14.7. The van der Waals surface area contributed by atoms with E-state index in [1.807, 2.05) is 12.3 Å². The third-order valence-electron chi connectivity index (χ3n) is 4.32. The van der Waals surface area contributed by atoms with Crippen LogP contribution in [0.5, 0.6) is 0 Å². The molecule has 1 aliphatic heterocycles. The molecule has 1 aliphatic rings. The van der Waals surface area contributed by atoms with E-state index >= 15 is 0 Å². The maximum Gasteiger partial charge on any atom is 0.0544 e. The van der Waals surface area contributed by atoms with Gasteiger partial charge in [-0.25, -0.2) is 0 Å². The Kier molecular flexibility index (Phi) is 4.04. The summed E-state index contributed by atoms with van der Waals surface area (Å²) in [5.41, 5.74) is 2.64. The summed E-state index contributed by atoms with van der Waals surface area (Å²) in [5.74, 6) is 0. The van der Waals surface area contributed by atoms with Gasteiger partial charge in [0.05, 0.1) is 5.69 Å². The Morgan fingerprint density at radius 1 is 1.14 bits per heavy atom. The summed E-state index contributed by atoms with van der Waals surface area (Å²) in [5, 5.41) is 3.68. The Morgan fingerprint density at radius 3 is 2.62 bits per heavy atom. The average molecular weight is 281 g/mol. The van der Waals surface area contributed by atoms with Gasteiger partial charge in [-0.3, -0.25) is 9.88 Å². The smallest absolute Gasteiger partial charge is 0.0544 e.